The quantitative estimate of drug-likeness (QED) is 0.374. The van der Waals surface area contributed by atoms with E-state index in [2.05, 4.69) is 15.8 Å². The molecule has 2 rings (SSSR count). The number of nitrogens with zero attached hydrogens (tertiary/aromatic N) is 2. The number of benzene rings is 2. The predicted molar refractivity (Wildman–Crippen MR) is 97.7 cm³/mol. The van der Waals surface area contributed by atoms with Crippen LogP contribution in [0.25, 0.3) is 0 Å². The van der Waals surface area contributed by atoms with Gasteiger partial charge < -0.3 is 10.1 Å². The summed E-state index contributed by atoms with van der Waals surface area (Å²) >= 11 is 5.16. The summed E-state index contributed by atoms with van der Waals surface area (Å²) in [5, 5.41) is 18.4. The number of nitro groups is 1. The molecule has 0 saturated heterocycles. The Morgan fingerprint density at radius 2 is 1.88 bits per heavy atom. The fraction of sp³-hybridized carbons (Fsp3) is 0.125. The van der Waals surface area contributed by atoms with E-state index in [1.54, 1.807) is 44.4 Å². The molecule has 0 fully saturated rings. The van der Waals surface area contributed by atoms with Crippen LogP contribution in [0.2, 0.25) is 0 Å². The normalized spacial score (nSPS) is 10.8. The topological polar surface area (TPSA) is 88.8 Å². The first-order chi connectivity index (χ1) is 11.5. The van der Waals surface area contributed by atoms with Crippen LogP contribution >= 0.6 is 12.2 Å². The molecule has 24 heavy (non-hydrogen) atoms. The van der Waals surface area contributed by atoms with Crippen LogP contribution < -0.4 is 15.5 Å². The molecule has 2 aromatic rings. The molecule has 0 heterocycles. The van der Waals surface area contributed by atoms with Gasteiger partial charge in [0.05, 0.1) is 23.3 Å². The second-order valence-corrected chi connectivity index (χ2v) is 5.17. The fourth-order valence-electron chi connectivity index (χ4n) is 1.97. The van der Waals surface area contributed by atoms with E-state index in [1.807, 2.05) is 12.1 Å². The fourth-order valence-corrected chi connectivity index (χ4v) is 2.13. The molecule has 0 aliphatic rings. The number of thiocarbonyl (C=S) groups is 1. The molecule has 0 spiro atoms. The van der Waals surface area contributed by atoms with Gasteiger partial charge in [0.15, 0.2) is 5.11 Å². The Morgan fingerprint density at radius 1 is 1.21 bits per heavy atom. The van der Waals surface area contributed by atoms with Crippen molar-refractivity contribution in [3.05, 3.63) is 64.2 Å². The summed E-state index contributed by atoms with van der Waals surface area (Å²) in [6, 6.07) is 13.6. The minimum Gasteiger partial charge on any atom is -0.497 e. The van der Waals surface area contributed by atoms with Crippen molar-refractivity contribution >= 4 is 34.4 Å². The van der Waals surface area contributed by atoms with Crippen LogP contribution in [0.1, 0.15) is 12.5 Å². The number of rotatable bonds is 5. The molecule has 0 unspecified atom stereocenters. The zero-order valence-corrected chi connectivity index (χ0v) is 14.0. The van der Waals surface area contributed by atoms with Crippen molar-refractivity contribution < 1.29 is 9.66 Å². The van der Waals surface area contributed by atoms with E-state index < -0.39 is 4.92 Å². The lowest BCUT2D eigenvalue weighted by Gasteiger charge is -2.09. The highest BCUT2D eigenvalue weighted by atomic mass is 32.1. The number of para-hydroxylation sites is 1. The van der Waals surface area contributed by atoms with Crippen LogP contribution in [0.15, 0.2) is 53.6 Å². The first-order valence-electron chi connectivity index (χ1n) is 7.00. The summed E-state index contributed by atoms with van der Waals surface area (Å²) in [6.45, 7) is 1.67. The molecule has 0 bridgehead atoms. The largest absolute Gasteiger partial charge is 0.497 e. The Kier molecular flexibility index (Phi) is 5.80. The molecule has 0 radical (unpaired) electrons. The summed E-state index contributed by atoms with van der Waals surface area (Å²) in [7, 11) is 1.59. The Bertz CT molecular complexity index is 775. The van der Waals surface area contributed by atoms with Gasteiger partial charge in [-0.25, -0.2) is 0 Å². The van der Waals surface area contributed by atoms with Crippen molar-refractivity contribution in [1.82, 2.24) is 5.43 Å². The third kappa shape index (κ3) is 4.50. The van der Waals surface area contributed by atoms with Crippen LogP contribution in [0.4, 0.5) is 11.4 Å². The molecule has 8 heteroatoms. The van der Waals surface area contributed by atoms with E-state index >= 15 is 0 Å². The molecule has 7 nitrogen and oxygen atoms in total. The average molecular weight is 344 g/mol. The maximum Gasteiger partial charge on any atom is 0.278 e. The lowest BCUT2D eigenvalue weighted by Crippen LogP contribution is -2.25. The van der Waals surface area contributed by atoms with Gasteiger partial charge in [0.25, 0.3) is 5.69 Å². The number of nitrogens with one attached hydrogen (secondary N) is 2. The molecule has 2 aromatic carbocycles. The Hall–Kier alpha value is -3.00. The van der Waals surface area contributed by atoms with Gasteiger partial charge in [0.1, 0.15) is 5.75 Å². The third-order valence-electron chi connectivity index (χ3n) is 3.16. The summed E-state index contributed by atoms with van der Waals surface area (Å²) < 4.78 is 5.08. The van der Waals surface area contributed by atoms with Crippen molar-refractivity contribution in [3.8, 4) is 5.75 Å². The van der Waals surface area contributed by atoms with Crippen LogP contribution in [-0.4, -0.2) is 22.9 Å². The zero-order chi connectivity index (χ0) is 17.5. The van der Waals surface area contributed by atoms with E-state index in [-0.39, 0.29) is 10.8 Å². The molecule has 124 valence electrons. The highest BCUT2D eigenvalue weighted by Crippen LogP contribution is 2.18. The standard InChI is InChI=1S/C16H16N4O3S/c1-11(14-5-3-4-6-15(14)20(21)22)18-19-16(24)17-12-7-9-13(23-2)10-8-12/h3-10H,1-2H3,(H2,17,19,24)/b18-11-. The molecule has 0 aliphatic carbocycles. The van der Waals surface area contributed by atoms with E-state index in [1.165, 1.54) is 6.07 Å². The van der Waals surface area contributed by atoms with Crippen molar-refractivity contribution in [2.75, 3.05) is 12.4 Å². The first kappa shape index (κ1) is 17.4. The molecule has 0 atom stereocenters. The molecular weight excluding hydrogens is 328 g/mol. The lowest BCUT2D eigenvalue weighted by atomic mass is 10.1. The van der Waals surface area contributed by atoms with Crippen LogP contribution in [-0.2, 0) is 0 Å². The second kappa shape index (κ2) is 8.02. The van der Waals surface area contributed by atoms with Crippen molar-refractivity contribution in [1.29, 1.82) is 0 Å². The summed E-state index contributed by atoms with van der Waals surface area (Å²) in [5.41, 5.74) is 4.34. The monoisotopic (exact) mass is 344 g/mol. The van der Waals surface area contributed by atoms with Gasteiger partial charge in [-0.1, -0.05) is 12.1 Å². The predicted octanol–water partition coefficient (Wildman–Crippen LogP) is 3.31. The van der Waals surface area contributed by atoms with E-state index in [0.717, 1.165) is 11.4 Å². The first-order valence-corrected chi connectivity index (χ1v) is 7.41. The molecule has 0 saturated carbocycles. The van der Waals surface area contributed by atoms with E-state index in [4.69, 9.17) is 17.0 Å². The van der Waals surface area contributed by atoms with Gasteiger partial charge >= 0.3 is 0 Å². The van der Waals surface area contributed by atoms with Gasteiger partial charge in [0.2, 0.25) is 0 Å². The van der Waals surface area contributed by atoms with Crippen molar-refractivity contribution in [2.45, 2.75) is 6.92 Å². The summed E-state index contributed by atoms with van der Waals surface area (Å²) in [6.07, 6.45) is 0. The number of hydrogen-bond donors (Lipinski definition) is 2. The third-order valence-corrected chi connectivity index (χ3v) is 3.36. The highest BCUT2D eigenvalue weighted by molar-refractivity contribution is 7.80. The van der Waals surface area contributed by atoms with Gasteiger partial charge in [-0.2, -0.15) is 5.10 Å². The number of hydrazone groups is 1. The SMILES string of the molecule is COc1ccc(NC(=S)N/N=C(/C)c2ccccc2[N+](=O)[O-])cc1. The van der Waals surface area contributed by atoms with Crippen molar-refractivity contribution in [3.63, 3.8) is 0 Å². The van der Waals surface area contributed by atoms with Gasteiger partial charge in [-0.15, -0.1) is 0 Å². The minimum atomic E-state index is -0.442. The number of ether oxygens (including phenoxy) is 1. The Balaban J connectivity index is 2.04. The van der Waals surface area contributed by atoms with E-state index in [9.17, 15) is 10.1 Å². The van der Waals surface area contributed by atoms with Crippen LogP contribution in [0, 0.1) is 10.1 Å². The number of hydrogen-bond acceptors (Lipinski definition) is 5. The molecule has 0 aromatic heterocycles. The number of nitro benzene ring substituents is 1. The van der Waals surface area contributed by atoms with Gasteiger partial charge in [0, 0.05) is 11.8 Å². The molecule has 0 amide bonds. The van der Waals surface area contributed by atoms with E-state index in [0.29, 0.717) is 11.3 Å². The van der Waals surface area contributed by atoms with Crippen LogP contribution in [0.3, 0.4) is 0 Å². The summed E-state index contributed by atoms with van der Waals surface area (Å²) in [5.74, 6) is 0.740. The van der Waals surface area contributed by atoms with Gasteiger partial charge in [-0.05, 0) is 49.5 Å². The highest BCUT2D eigenvalue weighted by Gasteiger charge is 2.14. The average Bonchev–Trinajstić information content (AvgIpc) is 2.60. The minimum absolute atomic E-state index is 0.00502. The molecule has 0 aliphatic heterocycles. The van der Waals surface area contributed by atoms with Crippen molar-refractivity contribution in [2.24, 2.45) is 5.10 Å². The Labute approximate surface area is 144 Å². The molecule has 2 N–H and O–H groups in total. The zero-order valence-electron chi connectivity index (χ0n) is 13.1. The van der Waals surface area contributed by atoms with Crippen LogP contribution in [0.5, 0.6) is 5.75 Å². The molecular formula is C16H16N4O3S. The Morgan fingerprint density at radius 3 is 2.50 bits per heavy atom. The maximum absolute atomic E-state index is 11.0. The number of methoxy groups -OCH3 is 1. The second-order valence-electron chi connectivity index (χ2n) is 4.77. The smallest absolute Gasteiger partial charge is 0.278 e. The summed E-state index contributed by atoms with van der Waals surface area (Å²) in [4.78, 5) is 10.6. The van der Waals surface area contributed by atoms with Gasteiger partial charge in [-0.3, -0.25) is 15.5 Å². The maximum atomic E-state index is 11.0. The number of anilines is 1. The lowest BCUT2D eigenvalue weighted by molar-refractivity contribution is -0.385.